The molecule has 0 radical (unpaired) electrons. The molecular weight excluding hydrogens is 402 g/mol. The fourth-order valence-corrected chi connectivity index (χ4v) is 4.80. The second kappa shape index (κ2) is 8.67. The molecule has 2 heterocycles. The van der Waals surface area contributed by atoms with Crippen LogP contribution in [0.2, 0.25) is 0 Å². The first-order valence-electron chi connectivity index (χ1n) is 10.4. The Labute approximate surface area is 186 Å². The van der Waals surface area contributed by atoms with Gasteiger partial charge < -0.3 is 4.90 Å². The molecule has 0 aromatic heterocycles. The van der Waals surface area contributed by atoms with E-state index in [-0.39, 0.29) is 53.8 Å². The van der Waals surface area contributed by atoms with Crippen LogP contribution >= 0.6 is 12.4 Å². The predicted octanol–water partition coefficient (Wildman–Crippen LogP) is 3.59. The van der Waals surface area contributed by atoms with Gasteiger partial charge in [-0.15, -0.1) is 12.4 Å². The number of imide groups is 1. The molecule has 0 N–H and O–H groups in total. The second-order valence-corrected chi connectivity index (χ2v) is 9.66. The zero-order valence-electron chi connectivity index (χ0n) is 18.9. The molecule has 166 valence electrons. The fraction of sp³-hybridized carbons (Fsp3) is 0.609. The van der Waals surface area contributed by atoms with Gasteiger partial charge in [0.25, 0.3) is 11.8 Å². The lowest BCUT2D eigenvalue weighted by atomic mass is 9.77. The summed E-state index contributed by atoms with van der Waals surface area (Å²) < 4.78 is 0. The number of piperidine rings is 1. The Bertz CT molecular complexity index is 784. The second-order valence-electron chi connectivity index (χ2n) is 9.66. The van der Waals surface area contributed by atoms with Crippen molar-refractivity contribution in [1.82, 2.24) is 14.7 Å². The smallest absolute Gasteiger partial charge is 0.261 e. The largest absolute Gasteiger partial charge is 0.343 e. The summed E-state index contributed by atoms with van der Waals surface area (Å²) in [5, 5.41) is 0. The van der Waals surface area contributed by atoms with Gasteiger partial charge in [-0.05, 0) is 66.1 Å². The van der Waals surface area contributed by atoms with Gasteiger partial charge in [-0.1, -0.05) is 12.1 Å². The Kier molecular flexibility index (Phi) is 7.04. The van der Waals surface area contributed by atoms with E-state index < -0.39 is 0 Å². The van der Waals surface area contributed by atoms with Crippen molar-refractivity contribution in [2.24, 2.45) is 0 Å². The topological polar surface area (TPSA) is 60.9 Å². The standard InChI is InChI=1S/C23H33N3O3.ClH/c1-22(2)14-16(15-23(3,4)25(22)6)24(5)19(27)12-9-13-26-20(28)17-10-7-8-11-18(17)21(26)29;/h7-8,10-11,16H,9,12-15H2,1-6H3;1H. The first kappa shape index (κ1) is 24.4. The summed E-state index contributed by atoms with van der Waals surface area (Å²) in [6.45, 7) is 9.17. The average molecular weight is 436 g/mol. The minimum atomic E-state index is -0.259. The third-order valence-corrected chi connectivity index (χ3v) is 6.88. The average Bonchev–Trinajstić information content (AvgIpc) is 2.90. The maximum atomic E-state index is 12.8. The summed E-state index contributed by atoms with van der Waals surface area (Å²) in [4.78, 5) is 43.2. The highest BCUT2D eigenvalue weighted by molar-refractivity contribution is 6.21. The van der Waals surface area contributed by atoms with Crippen LogP contribution in [0.15, 0.2) is 24.3 Å². The van der Waals surface area contributed by atoms with E-state index in [9.17, 15) is 14.4 Å². The molecule has 0 bridgehead atoms. The van der Waals surface area contributed by atoms with Crippen molar-refractivity contribution >= 4 is 30.1 Å². The molecule has 30 heavy (non-hydrogen) atoms. The van der Waals surface area contributed by atoms with Crippen molar-refractivity contribution in [3.05, 3.63) is 35.4 Å². The van der Waals surface area contributed by atoms with Gasteiger partial charge in [-0.3, -0.25) is 24.2 Å². The third-order valence-electron chi connectivity index (χ3n) is 6.88. The maximum absolute atomic E-state index is 12.8. The molecule has 1 fully saturated rings. The molecule has 2 aliphatic heterocycles. The van der Waals surface area contributed by atoms with Crippen LogP contribution in [0.4, 0.5) is 0 Å². The van der Waals surface area contributed by atoms with E-state index in [1.165, 1.54) is 4.90 Å². The van der Waals surface area contributed by atoms with Crippen LogP contribution < -0.4 is 0 Å². The molecule has 3 amide bonds. The van der Waals surface area contributed by atoms with Crippen molar-refractivity contribution < 1.29 is 14.4 Å². The normalized spacial score (nSPS) is 20.7. The molecule has 0 saturated carbocycles. The summed E-state index contributed by atoms with van der Waals surface area (Å²) in [6.07, 6.45) is 2.66. The number of rotatable bonds is 5. The van der Waals surface area contributed by atoms with E-state index in [0.29, 0.717) is 24.0 Å². The van der Waals surface area contributed by atoms with E-state index in [4.69, 9.17) is 0 Å². The maximum Gasteiger partial charge on any atom is 0.261 e. The van der Waals surface area contributed by atoms with Gasteiger partial charge >= 0.3 is 0 Å². The van der Waals surface area contributed by atoms with Gasteiger partial charge in [0, 0.05) is 37.1 Å². The van der Waals surface area contributed by atoms with Crippen LogP contribution in [0.25, 0.3) is 0 Å². The van der Waals surface area contributed by atoms with Gasteiger partial charge in [0.2, 0.25) is 5.91 Å². The van der Waals surface area contributed by atoms with E-state index >= 15 is 0 Å². The van der Waals surface area contributed by atoms with E-state index in [0.717, 1.165) is 12.8 Å². The molecule has 6 nitrogen and oxygen atoms in total. The molecule has 0 atom stereocenters. The fourth-order valence-electron chi connectivity index (χ4n) is 4.80. The Morgan fingerprint density at radius 1 is 1.03 bits per heavy atom. The van der Waals surface area contributed by atoms with E-state index in [2.05, 4.69) is 39.6 Å². The number of amides is 3. The highest BCUT2D eigenvalue weighted by atomic mass is 35.5. The van der Waals surface area contributed by atoms with E-state index in [1.54, 1.807) is 24.3 Å². The lowest BCUT2D eigenvalue weighted by Crippen LogP contribution is -2.62. The number of carbonyl (C=O) groups excluding carboxylic acids is 3. The number of carbonyl (C=O) groups is 3. The van der Waals surface area contributed by atoms with Gasteiger partial charge in [0.15, 0.2) is 0 Å². The first-order chi connectivity index (χ1) is 13.5. The lowest BCUT2D eigenvalue weighted by molar-refractivity contribution is -0.136. The first-order valence-corrected chi connectivity index (χ1v) is 10.4. The highest BCUT2D eigenvalue weighted by Gasteiger charge is 2.44. The number of benzene rings is 1. The monoisotopic (exact) mass is 435 g/mol. The number of hydrogen-bond acceptors (Lipinski definition) is 4. The number of fused-ring (bicyclic) bond motifs is 1. The quantitative estimate of drug-likeness (QED) is 0.663. The molecule has 2 aliphatic rings. The Balaban J connectivity index is 0.00000320. The summed E-state index contributed by atoms with van der Waals surface area (Å²) in [6, 6.07) is 7.06. The van der Waals surface area contributed by atoms with Gasteiger partial charge in [0.05, 0.1) is 11.1 Å². The van der Waals surface area contributed by atoms with Crippen LogP contribution in [0.3, 0.4) is 0 Å². The third kappa shape index (κ3) is 4.40. The van der Waals surface area contributed by atoms with Crippen molar-refractivity contribution in [3.63, 3.8) is 0 Å². The molecule has 7 heteroatoms. The minimum absolute atomic E-state index is 0. The lowest BCUT2D eigenvalue weighted by Gasteiger charge is -2.55. The summed E-state index contributed by atoms with van der Waals surface area (Å²) in [5.41, 5.74) is 0.941. The molecule has 1 aromatic carbocycles. The van der Waals surface area contributed by atoms with Crippen LogP contribution in [0, 0.1) is 0 Å². The van der Waals surface area contributed by atoms with Crippen molar-refractivity contribution in [2.45, 2.75) is 70.5 Å². The molecule has 0 aliphatic carbocycles. The predicted molar refractivity (Wildman–Crippen MR) is 120 cm³/mol. The zero-order chi connectivity index (χ0) is 21.6. The van der Waals surface area contributed by atoms with Gasteiger partial charge in [-0.2, -0.15) is 0 Å². The van der Waals surface area contributed by atoms with Crippen molar-refractivity contribution in [1.29, 1.82) is 0 Å². The highest BCUT2D eigenvalue weighted by Crippen LogP contribution is 2.38. The number of halogens is 1. The SMILES string of the molecule is CN(C(=O)CCCN1C(=O)c2ccccc2C1=O)C1CC(C)(C)N(C)C(C)(C)C1.Cl. The molecule has 1 aromatic rings. The van der Waals surface area contributed by atoms with Crippen LogP contribution in [0.1, 0.15) is 74.1 Å². The number of likely N-dealkylation sites (tertiary alicyclic amines) is 1. The molecule has 0 spiro atoms. The molecule has 3 rings (SSSR count). The van der Waals surface area contributed by atoms with Crippen LogP contribution in [0.5, 0.6) is 0 Å². The summed E-state index contributed by atoms with van der Waals surface area (Å²) >= 11 is 0. The van der Waals surface area contributed by atoms with Crippen molar-refractivity contribution in [2.75, 3.05) is 20.6 Å². The Morgan fingerprint density at radius 3 is 1.97 bits per heavy atom. The van der Waals surface area contributed by atoms with Crippen LogP contribution in [-0.2, 0) is 4.79 Å². The van der Waals surface area contributed by atoms with Crippen molar-refractivity contribution in [3.8, 4) is 0 Å². The summed E-state index contributed by atoms with van der Waals surface area (Å²) in [7, 11) is 4.03. The van der Waals surface area contributed by atoms with Crippen LogP contribution in [-0.4, -0.2) is 70.2 Å². The minimum Gasteiger partial charge on any atom is -0.343 e. The molecule has 0 unspecified atom stereocenters. The van der Waals surface area contributed by atoms with Gasteiger partial charge in [-0.25, -0.2) is 0 Å². The number of nitrogens with zero attached hydrogens (tertiary/aromatic N) is 3. The molecular formula is C23H34ClN3O3. The number of hydrogen-bond donors (Lipinski definition) is 0. The van der Waals surface area contributed by atoms with Gasteiger partial charge in [0.1, 0.15) is 0 Å². The Hall–Kier alpha value is -1.92. The van der Waals surface area contributed by atoms with E-state index in [1.807, 2.05) is 11.9 Å². The molecule has 1 saturated heterocycles. The summed E-state index contributed by atoms with van der Waals surface area (Å²) in [5.74, 6) is -0.446. The zero-order valence-corrected chi connectivity index (χ0v) is 19.7. The Morgan fingerprint density at radius 2 is 1.50 bits per heavy atom.